The molecule has 1 atom stereocenters. The van der Waals surface area contributed by atoms with Crippen molar-refractivity contribution in [3.8, 4) is 0 Å². The van der Waals surface area contributed by atoms with Crippen LogP contribution in [0.3, 0.4) is 0 Å². The molecule has 0 unspecified atom stereocenters. The number of rotatable bonds is 4. The first kappa shape index (κ1) is 22.8. The van der Waals surface area contributed by atoms with Gasteiger partial charge in [-0.2, -0.15) is 26.3 Å². The zero-order valence-electron chi connectivity index (χ0n) is 15.4. The number of likely N-dealkylation sites (N-methyl/N-ethyl adjacent to an activating group) is 1. The summed E-state index contributed by atoms with van der Waals surface area (Å²) in [4.78, 5) is 15.6. The van der Waals surface area contributed by atoms with Gasteiger partial charge in [0.2, 0.25) is 5.91 Å². The second kappa shape index (κ2) is 7.75. The summed E-state index contributed by atoms with van der Waals surface area (Å²) in [5.74, 6) is -0.320. The van der Waals surface area contributed by atoms with Crippen LogP contribution < -0.4 is 4.90 Å². The van der Waals surface area contributed by atoms with E-state index in [2.05, 4.69) is 0 Å². The Morgan fingerprint density at radius 2 is 1.79 bits per heavy atom. The van der Waals surface area contributed by atoms with Gasteiger partial charge in [-0.05, 0) is 32.6 Å². The fourth-order valence-electron chi connectivity index (χ4n) is 2.87. The summed E-state index contributed by atoms with van der Waals surface area (Å²) in [6, 6.07) is 2.28. The topological polar surface area (TPSA) is 43.8 Å². The van der Waals surface area contributed by atoms with E-state index in [0.29, 0.717) is 25.1 Å². The molecule has 0 bridgehead atoms. The van der Waals surface area contributed by atoms with Crippen molar-refractivity contribution in [3.05, 3.63) is 23.8 Å². The summed E-state index contributed by atoms with van der Waals surface area (Å²) in [5, 5.41) is 9.43. The molecule has 1 aliphatic rings. The Morgan fingerprint density at radius 1 is 1.21 bits per heavy atom. The molecule has 1 heterocycles. The SMILES string of the molecule is CC[C@H]1CN(C(=O)CN(C)C)c2ccc(C(O)(C(F)(F)F)C(F)(F)F)cc2S1. The maximum absolute atomic E-state index is 13.2. The average Bonchev–Trinajstić information content (AvgIpc) is 2.56. The minimum atomic E-state index is -5.95. The highest BCUT2D eigenvalue weighted by Gasteiger charge is 2.71. The number of amides is 1. The number of halogens is 6. The molecule has 0 fully saturated rings. The number of carbonyl (C=O) groups excluding carboxylic acids is 1. The number of aliphatic hydroxyl groups is 1. The summed E-state index contributed by atoms with van der Waals surface area (Å²) >= 11 is 1.10. The molecule has 1 aliphatic heterocycles. The minimum Gasteiger partial charge on any atom is -0.369 e. The normalized spacial score (nSPS) is 18.4. The van der Waals surface area contributed by atoms with E-state index in [9.17, 15) is 36.2 Å². The van der Waals surface area contributed by atoms with Crippen LogP contribution in [0.4, 0.5) is 32.0 Å². The Kier molecular flexibility index (Phi) is 6.32. The maximum atomic E-state index is 13.2. The van der Waals surface area contributed by atoms with E-state index >= 15 is 0 Å². The third-order valence-electron chi connectivity index (χ3n) is 4.38. The van der Waals surface area contributed by atoms with Crippen molar-refractivity contribution in [2.45, 2.75) is 41.4 Å². The van der Waals surface area contributed by atoms with Crippen LogP contribution >= 0.6 is 11.8 Å². The van der Waals surface area contributed by atoms with Crippen LogP contribution in [0.15, 0.2) is 23.1 Å². The van der Waals surface area contributed by atoms with Crippen molar-refractivity contribution in [1.29, 1.82) is 0 Å². The first-order valence-corrected chi connectivity index (χ1v) is 9.22. The Bertz CT molecular complexity index is 721. The van der Waals surface area contributed by atoms with Gasteiger partial charge in [-0.3, -0.25) is 4.79 Å². The van der Waals surface area contributed by atoms with Crippen LogP contribution in [0.5, 0.6) is 0 Å². The molecule has 1 N–H and O–H groups in total. The Morgan fingerprint density at radius 3 is 2.25 bits per heavy atom. The number of anilines is 1. The molecule has 2 rings (SSSR count). The van der Waals surface area contributed by atoms with E-state index in [0.717, 1.165) is 17.8 Å². The molecule has 1 aromatic rings. The van der Waals surface area contributed by atoms with E-state index in [4.69, 9.17) is 0 Å². The average molecular weight is 430 g/mol. The molecule has 1 aromatic carbocycles. The number of hydrogen-bond acceptors (Lipinski definition) is 4. The molecule has 0 aromatic heterocycles. The van der Waals surface area contributed by atoms with Crippen molar-refractivity contribution >= 4 is 23.4 Å². The van der Waals surface area contributed by atoms with Crippen molar-refractivity contribution in [2.24, 2.45) is 0 Å². The molecular formula is C17H20F6N2O2S. The lowest BCUT2D eigenvalue weighted by Gasteiger charge is -2.37. The molecule has 1 amide bonds. The van der Waals surface area contributed by atoms with Crippen LogP contribution in [0, 0.1) is 0 Å². The van der Waals surface area contributed by atoms with Crippen LogP contribution in [-0.2, 0) is 10.4 Å². The zero-order chi connectivity index (χ0) is 21.5. The molecular weight excluding hydrogens is 410 g/mol. The van der Waals surface area contributed by atoms with Crippen LogP contribution in [0.1, 0.15) is 18.9 Å². The fourth-order valence-corrected chi connectivity index (χ4v) is 4.11. The summed E-state index contributed by atoms with van der Waals surface area (Å²) in [6.07, 6.45) is -11.4. The van der Waals surface area contributed by atoms with Crippen molar-refractivity contribution < 1.29 is 36.2 Å². The highest BCUT2D eigenvalue weighted by Crippen LogP contribution is 2.52. The third kappa shape index (κ3) is 4.11. The first-order chi connectivity index (χ1) is 12.7. The van der Waals surface area contributed by atoms with Crippen LogP contribution in [0.25, 0.3) is 0 Å². The summed E-state index contributed by atoms with van der Waals surface area (Å²) in [7, 11) is 3.34. The zero-order valence-corrected chi connectivity index (χ0v) is 16.2. The van der Waals surface area contributed by atoms with Gasteiger partial charge in [0.25, 0.3) is 5.60 Å². The van der Waals surface area contributed by atoms with Crippen LogP contribution in [0.2, 0.25) is 0 Å². The van der Waals surface area contributed by atoms with Crippen molar-refractivity contribution in [3.63, 3.8) is 0 Å². The smallest absolute Gasteiger partial charge is 0.369 e. The summed E-state index contributed by atoms with van der Waals surface area (Å²) < 4.78 is 79.0. The monoisotopic (exact) mass is 430 g/mol. The van der Waals surface area contributed by atoms with E-state index in [1.165, 1.54) is 4.90 Å². The largest absolute Gasteiger partial charge is 0.430 e. The number of benzene rings is 1. The molecule has 0 spiro atoms. The van der Waals surface area contributed by atoms with Gasteiger partial charge >= 0.3 is 12.4 Å². The molecule has 158 valence electrons. The molecule has 0 saturated carbocycles. The van der Waals surface area contributed by atoms with E-state index in [1.807, 2.05) is 6.92 Å². The number of thioether (sulfide) groups is 1. The highest BCUT2D eigenvalue weighted by atomic mass is 32.2. The van der Waals surface area contributed by atoms with E-state index in [-0.39, 0.29) is 28.3 Å². The second-order valence-corrected chi connectivity index (χ2v) is 8.12. The Balaban J connectivity index is 2.57. The molecule has 4 nitrogen and oxygen atoms in total. The molecule has 0 saturated heterocycles. The molecule has 28 heavy (non-hydrogen) atoms. The standard InChI is InChI=1S/C17H20F6N2O2S/c1-4-11-8-25(14(26)9-24(2)3)12-6-5-10(7-13(12)28-11)15(27,16(18,19)20)17(21,22)23/h5-7,11,27H,4,8-9H2,1-3H3/t11-/m0/s1. The fraction of sp³-hybridized carbons (Fsp3) is 0.588. The molecule has 0 aliphatic carbocycles. The van der Waals surface area contributed by atoms with E-state index in [1.54, 1.807) is 19.0 Å². The summed E-state index contributed by atoms with van der Waals surface area (Å²) in [6.45, 7) is 2.14. The molecule has 0 radical (unpaired) electrons. The number of carbonyl (C=O) groups is 1. The third-order valence-corrected chi connectivity index (χ3v) is 5.77. The van der Waals surface area contributed by atoms with Gasteiger partial charge in [0.05, 0.1) is 12.2 Å². The lowest BCUT2D eigenvalue weighted by molar-refractivity contribution is -0.376. The van der Waals surface area contributed by atoms with Gasteiger partial charge in [0.1, 0.15) is 0 Å². The number of fused-ring (bicyclic) bond motifs is 1. The predicted octanol–water partition coefficient (Wildman–Crippen LogP) is 3.78. The lowest BCUT2D eigenvalue weighted by atomic mass is 9.92. The van der Waals surface area contributed by atoms with Gasteiger partial charge in [-0.25, -0.2) is 0 Å². The Hall–Kier alpha value is -1.46. The van der Waals surface area contributed by atoms with Gasteiger partial charge in [-0.1, -0.05) is 13.0 Å². The van der Waals surface area contributed by atoms with Gasteiger partial charge in [-0.15, -0.1) is 11.8 Å². The number of hydrogen-bond donors (Lipinski definition) is 1. The minimum absolute atomic E-state index is 0.0390. The number of alkyl halides is 6. The lowest BCUT2D eigenvalue weighted by Crippen LogP contribution is -2.54. The van der Waals surface area contributed by atoms with Crippen molar-refractivity contribution in [2.75, 3.05) is 32.1 Å². The highest BCUT2D eigenvalue weighted by molar-refractivity contribution is 8.00. The van der Waals surface area contributed by atoms with Gasteiger partial charge in [0, 0.05) is 22.3 Å². The van der Waals surface area contributed by atoms with Gasteiger partial charge < -0.3 is 14.9 Å². The molecule has 11 heteroatoms. The number of nitrogens with zero attached hydrogens (tertiary/aromatic N) is 2. The Labute approximate surface area is 162 Å². The summed E-state index contributed by atoms with van der Waals surface area (Å²) in [5.41, 5.74) is -6.08. The van der Waals surface area contributed by atoms with Gasteiger partial charge in [0.15, 0.2) is 0 Å². The first-order valence-electron chi connectivity index (χ1n) is 8.34. The van der Waals surface area contributed by atoms with Crippen molar-refractivity contribution in [1.82, 2.24) is 4.90 Å². The quantitative estimate of drug-likeness (QED) is 0.739. The van der Waals surface area contributed by atoms with Crippen LogP contribution in [-0.4, -0.2) is 60.7 Å². The van der Waals surface area contributed by atoms with E-state index < -0.39 is 23.5 Å². The second-order valence-electron chi connectivity index (χ2n) is 6.78. The predicted molar refractivity (Wildman–Crippen MR) is 93.3 cm³/mol. The maximum Gasteiger partial charge on any atom is 0.430 e.